The number of nitro groups is 1. The Morgan fingerprint density at radius 3 is 2.80 bits per heavy atom. The third-order valence-corrected chi connectivity index (χ3v) is 1.80. The molecule has 0 bridgehead atoms. The van der Waals surface area contributed by atoms with Crippen molar-refractivity contribution < 1.29 is 14.8 Å². The van der Waals surface area contributed by atoms with Crippen LogP contribution >= 0.6 is 0 Å². The van der Waals surface area contributed by atoms with Gasteiger partial charge in [0, 0.05) is 12.5 Å². The summed E-state index contributed by atoms with van der Waals surface area (Å²) in [7, 11) is 0. The number of amides is 1. The fraction of sp³-hybridized carbons (Fsp3) is 0.222. The third kappa shape index (κ3) is 2.43. The first-order valence-electron chi connectivity index (χ1n) is 4.32. The van der Waals surface area contributed by atoms with E-state index < -0.39 is 4.92 Å². The van der Waals surface area contributed by atoms with Crippen LogP contribution in [0.25, 0.3) is 0 Å². The Kier molecular flexibility index (Phi) is 3.22. The number of nitrogens with one attached hydrogen (secondary N) is 1. The smallest absolute Gasteiger partial charge is 0.296 e. The highest BCUT2D eigenvalue weighted by molar-refractivity contribution is 5.94. The summed E-state index contributed by atoms with van der Waals surface area (Å²) in [6.07, 6.45) is 0.186. The van der Waals surface area contributed by atoms with Gasteiger partial charge in [-0.3, -0.25) is 14.9 Å². The molecular weight excluding hydrogens is 200 g/mol. The first-order chi connectivity index (χ1) is 7.06. The van der Waals surface area contributed by atoms with Gasteiger partial charge in [-0.15, -0.1) is 0 Å². The van der Waals surface area contributed by atoms with Crippen LogP contribution in [-0.2, 0) is 4.79 Å². The summed E-state index contributed by atoms with van der Waals surface area (Å²) >= 11 is 0. The van der Waals surface area contributed by atoms with Gasteiger partial charge in [0.25, 0.3) is 5.69 Å². The zero-order valence-corrected chi connectivity index (χ0v) is 8.06. The normalized spacial score (nSPS) is 9.67. The molecule has 0 saturated carbocycles. The van der Waals surface area contributed by atoms with Crippen LogP contribution in [0.15, 0.2) is 18.2 Å². The van der Waals surface area contributed by atoms with Gasteiger partial charge in [-0.1, -0.05) is 13.0 Å². The molecule has 0 aliphatic heterocycles. The molecule has 0 spiro atoms. The van der Waals surface area contributed by atoms with E-state index in [-0.39, 0.29) is 29.5 Å². The predicted octanol–water partition coefficient (Wildman–Crippen LogP) is 1.65. The molecule has 0 aromatic heterocycles. The molecule has 1 aromatic rings. The van der Waals surface area contributed by atoms with Crippen molar-refractivity contribution in [3.8, 4) is 5.75 Å². The molecule has 80 valence electrons. The molecule has 1 rings (SSSR count). The quantitative estimate of drug-likeness (QED) is 0.450. The van der Waals surface area contributed by atoms with Crippen molar-refractivity contribution in [1.82, 2.24) is 0 Å². The van der Waals surface area contributed by atoms with E-state index in [4.69, 9.17) is 0 Å². The van der Waals surface area contributed by atoms with Crippen LogP contribution in [0.2, 0.25) is 0 Å². The van der Waals surface area contributed by atoms with E-state index in [0.29, 0.717) is 0 Å². The van der Waals surface area contributed by atoms with Crippen LogP contribution in [0.1, 0.15) is 13.3 Å². The lowest BCUT2D eigenvalue weighted by molar-refractivity contribution is -0.384. The fourth-order valence-electron chi connectivity index (χ4n) is 1.04. The molecule has 0 aliphatic rings. The van der Waals surface area contributed by atoms with Gasteiger partial charge in [-0.25, -0.2) is 0 Å². The Bertz CT molecular complexity index is 403. The van der Waals surface area contributed by atoms with Gasteiger partial charge in [-0.2, -0.15) is 0 Å². The highest BCUT2D eigenvalue weighted by atomic mass is 16.6. The zero-order valence-electron chi connectivity index (χ0n) is 8.06. The molecule has 6 heteroatoms. The number of hydrogen-bond donors (Lipinski definition) is 2. The maximum absolute atomic E-state index is 11.1. The molecule has 0 saturated heterocycles. The average molecular weight is 210 g/mol. The van der Waals surface area contributed by atoms with E-state index in [2.05, 4.69) is 5.32 Å². The number of carbonyl (C=O) groups excluding carboxylic acids is 1. The summed E-state index contributed by atoms with van der Waals surface area (Å²) in [5.74, 6) is -0.703. The Morgan fingerprint density at radius 2 is 2.27 bits per heavy atom. The van der Waals surface area contributed by atoms with E-state index in [1.807, 2.05) is 0 Å². The topological polar surface area (TPSA) is 92.5 Å². The second kappa shape index (κ2) is 4.41. The molecule has 0 atom stereocenters. The number of nitro benzene ring substituents is 1. The average Bonchev–Trinajstić information content (AvgIpc) is 2.20. The van der Waals surface area contributed by atoms with E-state index in [1.165, 1.54) is 18.2 Å². The van der Waals surface area contributed by atoms with E-state index >= 15 is 0 Å². The summed E-state index contributed by atoms with van der Waals surface area (Å²) in [5.41, 5.74) is -0.480. The Morgan fingerprint density at radius 1 is 1.60 bits per heavy atom. The minimum atomic E-state index is -0.662. The molecule has 15 heavy (non-hydrogen) atoms. The summed E-state index contributed by atoms with van der Waals surface area (Å²) in [4.78, 5) is 21.0. The summed E-state index contributed by atoms with van der Waals surface area (Å²) < 4.78 is 0. The van der Waals surface area contributed by atoms with Crippen LogP contribution in [0, 0.1) is 10.1 Å². The number of anilines is 1. The predicted molar refractivity (Wildman–Crippen MR) is 53.7 cm³/mol. The SMILES string of the molecule is CCC(=O)Nc1c(O)cccc1[N+](=O)[O-]. The first kappa shape index (κ1) is 11.0. The number of benzene rings is 1. The monoisotopic (exact) mass is 210 g/mol. The number of phenolic OH excluding ortho intramolecular Hbond substituents is 1. The summed E-state index contributed by atoms with van der Waals surface area (Å²) in [6, 6.07) is 3.83. The fourth-order valence-corrected chi connectivity index (χ4v) is 1.04. The number of carbonyl (C=O) groups is 1. The molecule has 0 aliphatic carbocycles. The minimum Gasteiger partial charge on any atom is -0.505 e. The molecule has 1 aromatic carbocycles. The summed E-state index contributed by atoms with van der Waals surface area (Å²) in [5, 5.41) is 22.2. The van der Waals surface area contributed by atoms with Gasteiger partial charge in [0.1, 0.15) is 5.75 Å². The van der Waals surface area contributed by atoms with Crippen molar-refractivity contribution in [1.29, 1.82) is 0 Å². The van der Waals surface area contributed by atoms with Gasteiger partial charge >= 0.3 is 0 Å². The van der Waals surface area contributed by atoms with Crippen LogP contribution < -0.4 is 5.32 Å². The lowest BCUT2D eigenvalue weighted by atomic mass is 10.2. The van der Waals surface area contributed by atoms with E-state index in [9.17, 15) is 20.0 Å². The van der Waals surface area contributed by atoms with Crippen LogP contribution in [-0.4, -0.2) is 15.9 Å². The van der Waals surface area contributed by atoms with Gasteiger partial charge < -0.3 is 10.4 Å². The van der Waals surface area contributed by atoms with Gasteiger partial charge in [0.15, 0.2) is 5.69 Å². The van der Waals surface area contributed by atoms with Crippen molar-refractivity contribution in [2.75, 3.05) is 5.32 Å². The van der Waals surface area contributed by atoms with Gasteiger partial charge in [0.2, 0.25) is 5.91 Å². The standard InChI is InChI=1S/C9H10N2O4/c1-2-8(13)10-9-6(11(14)15)4-3-5-7(9)12/h3-5,12H,2H2,1H3,(H,10,13). The van der Waals surface area contributed by atoms with E-state index in [0.717, 1.165) is 0 Å². The van der Waals surface area contributed by atoms with Crippen LogP contribution in [0.5, 0.6) is 5.75 Å². The van der Waals surface area contributed by atoms with Crippen molar-refractivity contribution in [2.24, 2.45) is 0 Å². The molecule has 2 N–H and O–H groups in total. The van der Waals surface area contributed by atoms with Crippen molar-refractivity contribution in [3.63, 3.8) is 0 Å². The zero-order chi connectivity index (χ0) is 11.4. The van der Waals surface area contributed by atoms with Crippen molar-refractivity contribution in [2.45, 2.75) is 13.3 Å². The Hall–Kier alpha value is -2.11. The van der Waals surface area contributed by atoms with Crippen LogP contribution in [0.3, 0.4) is 0 Å². The second-order valence-electron chi connectivity index (χ2n) is 2.83. The third-order valence-electron chi connectivity index (χ3n) is 1.80. The molecule has 0 heterocycles. The van der Waals surface area contributed by atoms with Crippen molar-refractivity contribution in [3.05, 3.63) is 28.3 Å². The first-order valence-corrected chi connectivity index (χ1v) is 4.32. The maximum atomic E-state index is 11.1. The van der Waals surface area contributed by atoms with Crippen LogP contribution in [0.4, 0.5) is 11.4 Å². The minimum absolute atomic E-state index is 0.158. The summed E-state index contributed by atoms with van der Waals surface area (Å²) in [6.45, 7) is 1.61. The highest BCUT2D eigenvalue weighted by Gasteiger charge is 2.18. The van der Waals surface area contributed by atoms with Crippen molar-refractivity contribution >= 4 is 17.3 Å². The molecule has 6 nitrogen and oxygen atoms in total. The molecular formula is C9H10N2O4. The number of hydrogen-bond acceptors (Lipinski definition) is 4. The Labute approximate surface area is 85.7 Å². The molecule has 0 radical (unpaired) electrons. The highest BCUT2D eigenvalue weighted by Crippen LogP contribution is 2.32. The van der Waals surface area contributed by atoms with Gasteiger partial charge in [0.05, 0.1) is 4.92 Å². The largest absolute Gasteiger partial charge is 0.505 e. The lowest BCUT2D eigenvalue weighted by Crippen LogP contribution is -2.11. The maximum Gasteiger partial charge on any atom is 0.296 e. The molecule has 0 unspecified atom stereocenters. The Balaban J connectivity index is 3.13. The molecule has 0 fully saturated rings. The second-order valence-corrected chi connectivity index (χ2v) is 2.83. The van der Waals surface area contributed by atoms with E-state index in [1.54, 1.807) is 6.92 Å². The number of aromatic hydroxyl groups is 1. The number of phenols is 1. The number of para-hydroxylation sites is 1. The number of rotatable bonds is 3. The number of nitrogens with zero attached hydrogens (tertiary/aromatic N) is 1. The lowest BCUT2D eigenvalue weighted by Gasteiger charge is -2.06. The van der Waals surface area contributed by atoms with Gasteiger partial charge in [-0.05, 0) is 6.07 Å². The molecule has 1 amide bonds.